The summed E-state index contributed by atoms with van der Waals surface area (Å²) >= 11 is 0. The lowest BCUT2D eigenvalue weighted by Crippen LogP contribution is -2.19. The Hall–Kier alpha value is -1.90. The summed E-state index contributed by atoms with van der Waals surface area (Å²) in [5.41, 5.74) is 2.72. The highest BCUT2D eigenvalue weighted by Gasteiger charge is 2.04. The number of aromatic nitrogens is 2. The van der Waals surface area contributed by atoms with Gasteiger partial charge in [0.05, 0.1) is 5.69 Å². The molecule has 0 bridgehead atoms. The Morgan fingerprint density at radius 2 is 1.87 bits per heavy atom. The molecule has 76 valence electrons. The fourth-order valence-electron chi connectivity index (χ4n) is 1.51. The van der Waals surface area contributed by atoms with Gasteiger partial charge in [0.1, 0.15) is 0 Å². The molecular formula is C12H12N2O. The maximum Gasteiger partial charge on any atom is 0.266 e. The molecule has 2 rings (SSSR count). The lowest BCUT2D eigenvalue weighted by atomic mass is 10.1. The highest BCUT2D eigenvalue weighted by molar-refractivity contribution is 5.61. The third-order valence-corrected chi connectivity index (χ3v) is 2.33. The highest BCUT2D eigenvalue weighted by atomic mass is 16.1. The average Bonchev–Trinajstić information content (AvgIpc) is 2.25. The molecule has 2 aromatic rings. The first-order valence-electron chi connectivity index (χ1n) is 4.79. The van der Waals surface area contributed by atoms with Crippen LogP contribution in [-0.2, 0) is 7.05 Å². The normalized spacial score (nSPS) is 10.3. The summed E-state index contributed by atoms with van der Waals surface area (Å²) in [6.45, 7) is 1.90. The van der Waals surface area contributed by atoms with Crippen molar-refractivity contribution in [3.63, 3.8) is 0 Å². The zero-order chi connectivity index (χ0) is 10.8. The second-order valence-corrected chi connectivity index (χ2v) is 3.50. The Labute approximate surface area is 88.0 Å². The van der Waals surface area contributed by atoms with Gasteiger partial charge in [0.15, 0.2) is 0 Å². The molecule has 0 amide bonds. The molecule has 3 heteroatoms. The van der Waals surface area contributed by atoms with Crippen molar-refractivity contribution in [2.75, 3.05) is 0 Å². The first-order valence-corrected chi connectivity index (χ1v) is 4.79. The van der Waals surface area contributed by atoms with Crippen molar-refractivity contribution in [2.24, 2.45) is 7.05 Å². The fourth-order valence-corrected chi connectivity index (χ4v) is 1.51. The van der Waals surface area contributed by atoms with E-state index in [1.807, 2.05) is 37.3 Å². The highest BCUT2D eigenvalue weighted by Crippen LogP contribution is 2.18. The molecule has 1 aromatic heterocycles. The van der Waals surface area contributed by atoms with Crippen molar-refractivity contribution < 1.29 is 0 Å². The van der Waals surface area contributed by atoms with Crippen molar-refractivity contribution in [1.29, 1.82) is 0 Å². The maximum absolute atomic E-state index is 11.3. The van der Waals surface area contributed by atoms with E-state index in [2.05, 4.69) is 5.10 Å². The van der Waals surface area contributed by atoms with E-state index >= 15 is 0 Å². The number of benzene rings is 1. The Bertz CT molecular complexity index is 529. The molecule has 0 aliphatic carbocycles. The Morgan fingerprint density at radius 1 is 1.20 bits per heavy atom. The first-order chi connectivity index (χ1) is 7.18. The number of hydrogen-bond acceptors (Lipinski definition) is 2. The van der Waals surface area contributed by atoms with E-state index in [4.69, 9.17) is 0 Å². The van der Waals surface area contributed by atoms with Crippen LogP contribution in [0.1, 0.15) is 5.56 Å². The van der Waals surface area contributed by atoms with E-state index in [0.29, 0.717) is 0 Å². The van der Waals surface area contributed by atoms with Crippen LogP contribution in [0.25, 0.3) is 11.3 Å². The topological polar surface area (TPSA) is 34.9 Å². The van der Waals surface area contributed by atoms with Gasteiger partial charge in [-0.3, -0.25) is 4.79 Å². The van der Waals surface area contributed by atoms with Gasteiger partial charge in [-0.25, -0.2) is 4.68 Å². The van der Waals surface area contributed by atoms with Crippen molar-refractivity contribution in [3.8, 4) is 11.3 Å². The van der Waals surface area contributed by atoms with Crippen LogP contribution in [0.15, 0.2) is 41.2 Å². The second kappa shape index (κ2) is 3.69. The molecule has 0 saturated carbocycles. The van der Waals surface area contributed by atoms with Gasteiger partial charge in [-0.1, -0.05) is 30.3 Å². The Morgan fingerprint density at radius 3 is 2.53 bits per heavy atom. The van der Waals surface area contributed by atoms with Crippen molar-refractivity contribution >= 4 is 0 Å². The molecule has 0 unspecified atom stereocenters. The molecule has 3 nitrogen and oxygen atoms in total. The van der Waals surface area contributed by atoms with Gasteiger partial charge >= 0.3 is 0 Å². The van der Waals surface area contributed by atoms with Crippen LogP contribution < -0.4 is 5.56 Å². The van der Waals surface area contributed by atoms with Crippen molar-refractivity contribution in [2.45, 2.75) is 6.92 Å². The van der Waals surface area contributed by atoms with Crippen LogP contribution in [0.5, 0.6) is 0 Å². The molecule has 0 fully saturated rings. The van der Waals surface area contributed by atoms with Crippen molar-refractivity contribution in [1.82, 2.24) is 9.78 Å². The molecule has 1 heterocycles. The summed E-state index contributed by atoms with van der Waals surface area (Å²) in [6, 6.07) is 11.5. The van der Waals surface area contributed by atoms with Gasteiger partial charge in [0.25, 0.3) is 5.56 Å². The van der Waals surface area contributed by atoms with E-state index in [0.717, 1.165) is 16.8 Å². The zero-order valence-corrected chi connectivity index (χ0v) is 8.77. The predicted molar refractivity (Wildman–Crippen MR) is 59.7 cm³/mol. The maximum atomic E-state index is 11.3. The molecular weight excluding hydrogens is 188 g/mol. The summed E-state index contributed by atoms with van der Waals surface area (Å²) in [6.07, 6.45) is 0. The minimum atomic E-state index is -0.0767. The molecule has 0 aliphatic heterocycles. The van der Waals surface area contributed by atoms with Crippen molar-refractivity contribution in [3.05, 3.63) is 52.3 Å². The van der Waals surface area contributed by atoms with Crippen LogP contribution in [0.2, 0.25) is 0 Å². The fraction of sp³-hybridized carbons (Fsp3) is 0.167. The van der Waals surface area contributed by atoms with E-state index in [1.165, 1.54) is 4.68 Å². The molecule has 15 heavy (non-hydrogen) atoms. The third-order valence-electron chi connectivity index (χ3n) is 2.33. The molecule has 0 radical (unpaired) electrons. The van der Waals surface area contributed by atoms with Gasteiger partial charge in [-0.15, -0.1) is 0 Å². The summed E-state index contributed by atoms with van der Waals surface area (Å²) in [5, 5.41) is 4.25. The Balaban J connectivity index is 2.64. The summed E-state index contributed by atoms with van der Waals surface area (Å²) < 4.78 is 1.36. The summed E-state index contributed by atoms with van der Waals surface area (Å²) in [4.78, 5) is 11.3. The largest absolute Gasteiger partial charge is 0.268 e. The first kappa shape index (κ1) is 9.65. The average molecular weight is 200 g/mol. The standard InChI is InChI=1S/C12H12N2O/c1-9-8-11(15)14(2)13-12(9)10-6-4-3-5-7-10/h3-8H,1-2H3. The molecule has 1 aromatic carbocycles. The van der Waals surface area contributed by atoms with Gasteiger partial charge in [-0.05, 0) is 12.5 Å². The van der Waals surface area contributed by atoms with E-state index in [1.54, 1.807) is 13.1 Å². The second-order valence-electron chi connectivity index (χ2n) is 3.50. The van der Waals surface area contributed by atoms with Gasteiger partial charge < -0.3 is 0 Å². The number of aryl methyl sites for hydroxylation is 2. The number of rotatable bonds is 1. The number of nitrogens with zero attached hydrogens (tertiary/aromatic N) is 2. The van der Waals surface area contributed by atoms with Crippen LogP contribution >= 0.6 is 0 Å². The minimum Gasteiger partial charge on any atom is -0.268 e. The van der Waals surface area contributed by atoms with Crippen LogP contribution in [-0.4, -0.2) is 9.78 Å². The van der Waals surface area contributed by atoms with Gasteiger partial charge in [0.2, 0.25) is 0 Å². The quantitative estimate of drug-likeness (QED) is 0.703. The summed E-state index contributed by atoms with van der Waals surface area (Å²) in [5.74, 6) is 0. The smallest absolute Gasteiger partial charge is 0.266 e. The van der Waals surface area contributed by atoms with Gasteiger partial charge in [-0.2, -0.15) is 5.10 Å². The SMILES string of the molecule is Cc1cc(=O)n(C)nc1-c1ccccc1. The Kier molecular flexibility index (Phi) is 2.37. The van der Waals surface area contributed by atoms with Crippen LogP contribution in [0.4, 0.5) is 0 Å². The lowest BCUT2D eigenvalue weighted by molar-refractivity contribution is 0.708. The molecule has 0 saturated heterocycles. The third kappa shape index (κ3) is 1.81. The lowest BCUT2D eigenvalue weighted by Gasteiger charge is -2.05. The molecule has 0 N–H and O–H groups in total. The van der Waals surface area contributed by atoms with E-state index in [9.17, 15) is 4.79 Å². The van der Waals surface area contributed by atoms with Crippen LogP contribution in [0.3, 0.4) is 0 Å². The molecule has 0 aliphatic rings. The monoisotopic (exact) mass is 200 g/mol. The van der Waals surface area contributed by atoms with E-state index in [-0.39, 0.29) is 5.56 Å². The predicted octanol–water partition coefficient (Wildman–Crippen LogP) is 1.76. The minimum absolute atomic E-state index is 0.0767. The summed E-state index contributed by atoms with van der Waals surface area (Å²) in [7, 11) is 1.66. The zero-order valence-electron chi connectivity index (χ0n) is 8.77. The van der Waals surface area contributed by atoms with Gasteiger partial charge in [0, 0.05) is 18.7 Å². The molecule has 0 atom stereocenters. The van der Waals surface area contributed by atoms with Crippen LogP contribution in [0, 0.1) is 6.92 Å². The van der Waals surface area contributed by atoms with E-state index < -0.39 is 0 Å². The number of hydrogen-bond donors (Lipinski definition) is 0. The molecule has 0 spiro atoms.